The van der Waals surface area contributed by atoms with Crippen LogP contribution in [0.2, 0.25) is 0 Å². The highest BCUT2D eigenvalue weighted by Crippen LogP contribution is 2.43. The summed E-state index contributed by atoms with van der Waals surface area (Å²) in [5, 5.41) is 6.11. The SMILES string of the molecule is CCCCCCCCCCCCOc1cc(/C=C/C(=O)N[C@@H](C)C(=O)Nc2cc(OCCCCCCCCCCCC)c(OCCCCCCCCCCCC)c(OCCCCCCCCCCCC)c2)cc(OCCCCCCCCCCCC)c1OCCCCCCCCCCCC. The summed E-state index contributed by atoms with van der Waals surface area (Å²) in [5.41, 5.74) is 1.33. The Bertz CT molecular complexity index is 2070. The number of anilines is 1. The molecule has 0 heterocycles. The zero-order valence-electron chi connectivity index (χ0n) is 67.0. The Morgan fingerprint density at radius 2 is 0.490 bits per heavy atom. The Labute approximate surface area is 618 Å². The van der Waals surface area contributed by atoms with Crippen molar-refractivity contribution in [2.45, 2.75) is 440 Å². The zero-order valence-corrected chi connectivity index (χ0v) is 67.0. The molecule has 0 fully saturated rings. The first-order chi connectivity index (χ1) is 49.3. The molecule has 0 aliphatic carbocycles. The van der Waals surface area contributed by atoms with Gasteiger partial charge in [0.2, 0.25) is 23.3 Å². The van der Waals surface area contributed by atoms with Crippen LogP contribution in [-0.2, 0) is 9.59 Å². The van der Waals surface area contributed by atoms with Crippen LogP contribution in [0.5, 0.6) is 34.5 Å². The van der Waals surface area contributed by atoms with Gasteiger partial charge in [0, 0.05) is 23.9 Å². The molecule has 0 bridgehead atoms. The number of carbonyl (C=O) groups is 2. The maximum absolute atomic E-state index is 14.3. The van der Waals surface area contributed by atoms with Crippen molar-refractivity contribution in [3.8, 4) is 34.5 Å². The van der Waals surface area contributed by atoms with E-state index in [-0.39, 0.29) is 11.8 Å². The van der Waals surface area contributed by atoms with Crippen molar-refractivity contribution in [3.05, 3.63) is 35.9 Å². The number of hydrogen-bond donors (Lipinski definition) is 2. The van der Waals surface area contributed by atoms with E-state index in [1.807, 2.05) is 24.3 Å². The van der Waals surface area contributed by atoms with Crippen molar-refractivity contribution < 1.29 is 38.0 Å². The van der Waals surface area contributed by atoms with E-state index in [0.717, 1.165) is 82.6 Å². The number of unbranched alkanes of at least 4 members (excludes halogenated alkanes) is 54. The van der Waals surface area contributed by atoms with E-state index in [1.165, 1.54) is 314 Å². The van der Waals surface area contributed by atoms with Crippen LogP contribution < -0.4 is 39.1 Å². The molecular formula is C90H162N2O8. The predicted octanol–water partition coefficient (Wildman–Crippen LogP) is 28.6. The smallest absolute Gasteiger partial charge is 0.246 e. The van der Waals surface area contributed by atoms with E-state index in [9.17, 15) is 9.59 Å². The lowest BCUT2D eigenvalue weighted by atomic mass is 10.1. The van der Waals surface area contributed by atoms with Gasteiger partial charge in [-0.15, -0.1) is 0 Å². The van der Waals surface area contributed by atoms with Gasteiger partial charge in [-0.3, -0.25) is 9.59 Å². The molecule has 10 heteroatoms. The van der Waals surface area contributed by atoms with Crippen molar-refractivity contribution >= 4 is 23.6 Å². The number of carbonyl (C=O) groups excluding carboxylic acids is 2. The van der Waals surface area contributed by atoms with Crippen LogP contribution in [0.1, 0.15) is 439 Å². The van der Waals surface area contributed by atoms with E-state index < -0.39 is 6.04 Å². The van der Waals surface area contributed by atoms with Gasteiger partial charge in [-0.25, -0.2) is 0 Å². The first kappa shape index (κ1) is 92.0. The molecule has 0 aromatic heterocycles. The molecule has 2 aromatic carbocycles. The van der Waals surface area contributed by atoms with Crippen LogP contribution >= 0.6 is 0 Å². The first-order valence-electron chi connectivity index (χ1n) is 43.7. The third kappa shape index (κ3) is 53.7. The standard InChI is InChI=1S/C90H162N2O8/c1-8-14-20-26-32-38-44-50-56-62-70-95-83-76-81(77-84(96-71-63-57-51-45-39-33-27-21-15-9-2)88(83)99-74-66-60-54-48-42-36-30-24-18-12-5)68-69-87(93)91-80(7)90(94)92-82-78-85(97-72-64-58-52-46-40-34-28-22-16-10-3)89(100-75-67-61-55-49-43-37-31-25-19-13-6)86(79-82)98-73-65-59-53-47-41-35-29-23-17-11-4/h68-69,76-80H,8-67,70-75H2,1-7H3,(H,91,93)(H,92,94)/b69-68+/t80-/m0/s1. The minimum atomic E-state index is -0.849. The van der Waals surface area contributed by atoms with Crippen LogP contribution in [0.4, 0.5) is 5.69 Å². The van der Waals surface area contributed by atoms with Gasteiger partial charge < -0.3 is 39.1 Å². The molecule has 0 radical (unpaired) electrons. The Kier molecular flexibility index (Phi) is 64.9. The number of hydrogen-bond acceptors (Lipinski definition) is 8. The Balaban J connectivity index is 2.40. The molecule has 0 unspecified atom stereocenters. The number of nitrogens with one attached hydrogen (secondary N) is 2. The van der Waals surface area contributed by atoms with Crippen LogP contribution in [0.3, 0.4) is 0 Å². The van der Waals surface area contributed by atoms with E-state index in [0.29, 0.717) is 79.8 Å². The molecule has 10 nitrogen and oxygen atoms in total. The second kappa shape index (κ2) is 70.6. The molecule has 580 valence electrons. The maximum atomic E-state index is 14.3. The topological polar surface area (TPSA) is 114 Å². The molecule has 2 amide bonds. The summed E-state index contributed by atoms with van der Waals surface area (Å²) in [6.07, 6.45) is 78.4. The molecule has 2 aromatic rings. The van der Waals surface area contributed by atoms with Crippen LogP contribution in [0, 0.1) is 0 Å². The molecule has 0 saturated carbocycles. The molecule has 2 N–H and O–H groups in total. The highest BCUT2D eigenvalue weighted by molar-refractivity contribution is 6.00. The van der Waals surface area contributed by atoms with E-state index in [2.05, 4.69) is 52.2 Å². The Morgan fingerprint density at radius 1 is 0.290 bits per heavy atom. The lowest BCUT2D eigenvalue weighted by Gasteiger charge is -2.20. The molecule has 0 aliphatic heterocycles. The monoisotopic (exact) mass is 1400 g/mol. The van der Waals surface area contributed by atoms with Crippen molar-refractivity contribution in [1.82, 2.24) is 5.32 Å². The van der Waals surface area contributed by atoms with Gasteiger partial charge in [-0.2, -0.15) is 0 Å². The number of rotatable bonds is 77. The average molecular weight is 1400 g/mol. The van der Waals surface area contributed by atoms with Gasteiger partial charge in [-0.05, 0) is 69.2 Å². The van der Waals surface area contributed by atoms with Crippen LogP contribution in [0.25, 0.3) is 6.08 Å². The predicted molar refractivity (Wildman–Crippen MR) is 432 cm³/mol. The molecular weight excluding hydrogens is 1240 g/mol. The average Bonchev–Trinajstić information content (AvgIpc) is 0.832. The minimum Gasteiger partial charge on any atom is -0.490 e. The van der Waals surface area contributed by atoms with Gasteiger partial charge in [0.25, 0.3) is 0 Å². The summed E-state index contributed by atoms with van der Waals surface area (Å²) in [6.45, 7) is 18.8. The molecule has 0 aliphatic rings. The molecule has 0 spiro atoms. The minimum absolute atomic E-state index is 0.337. The summed E-state index contributed by atoms with van der Waals surface area (Å²) >= 11 is 0. The lowest BCUT2D eigenvalue weighted by molar-refractivity contribution is -0.123. The fraction of sp³-hybridized carbons (Fsp3) is 0.822. The largest absolute Gasteiger partial charge is 0.490 e. The van der Waals surface area contributed by atoms with Crippen molar-refractivity contribution in [1.29, 1.82) is 0 Å². The third-order valence-corrected chi connectivity index (χ3v) is 20.0. The second-order valence-electron chi connectivity index (χ2n) is 29.9. The van der Waals surface area contributed by atoms with E-state index >= 15 is 0 Å². The quantitative estimate of drug-likeness (QED) is 0.0497. The number of amides is 2. The summed E-state index contributed by atoms with van der Waals surface area (Å²) in [5.74, 6) is 3.07. The summed E-state index contributed by atoms with van der Waals surface area (Å²) < 4.78 is 40.1. The van der Waals surface area contributed by atoms with Crippen LogP contribution in [0.15, 0.2) is 30.3 Å². The van der Waals surface area contributed by atoms with Crippen molar-refractivity contribution in [3.63, 3.8) is 0 Å². The Morgan fingerprint density at radius 3 is 0.720 bits per heavy atom. The van der Waals surface area contributed by atoms with Crippen molar-refractivity contribution in [2.75, 3.05) is 45.0 Å². The highest BCUT2D eigenvalue weighted by Gasteiger charge is 2.21. The van der Waals surface area contributed by atoms with Crippen molar-refractivity contribution in [2.24, 2.45) is 0 Å². The van der Waals surface area contributed by atoms with E-state index in [4.69, 9.17) is 28.4 Å². The fourth-order valence-corrected chi connectivity index (χ4v) is 13.4. The number of benzene rings is 2. The fourth-order valence-electron chi connectivity index (χ4n) is 13.4. The number of ether oxygens (including phenoxy) is 6. The van der Waals surface area contributed by atoms with Gasteiger partial charge >= 0.3 is 0 Å². The van der Waals surface area contributed by atoms with Crippen LogP contribution in [-0.4, -0.2) is 57.5 Å². The second-order valence-corrected chi connectivity index (χ2v) is 29.9. The van der Waals surface area contributed by atoms with Gasteiger partial charge in [0.05, 0.1) is 39.6 Å². The third-order valence-electron chi connectivity index (χ3n) is 20.0. The van der Waals surface area contributed by atoms with Gasteiger partial charge in [0.15, 0.2) is 23.0 Å². The molecule has 1 atom stereocenters. The van der Waals surface area contributed by atoms with Gasteiger partial charge in [0.1, 0.15) is 6.04 Å². The normalized spacial score (nSPS) is 11.8. The van der Waals surface area contributed by atoms with Gasteiger partial charge in [-0.1, -0.05) is 388 Å². The maximum Gasteiger partial charge on any atom is 0.246 e. The summed E-state index contributed by atoms with van der Waals surface area (Å²) in [4.78, 5) is 28.2. The molecule has 100 heavy (non-hydrogen) atoms. The lowest BCUT2D eigenvalue weighted by Crippen LogP contribution is -2.40. The summed E-state index contributed by atoms with van der Waals surface area (Å²) in [7, 11) is 0. The Hall–Kier alpha value is -4.08. The molecule has 0 saturated heterocycles. The first-order valence-corrected chi connectivity index (χ1v) is 43.7. The highest BCUT2D eigenvalue weighted by atomic mass is 16.5. The van der Waals surface area contributed by atoms with E-state index in [1.54, 1.807) is 13.0 Å². The zero-order chi connectivity index (χ0) is 71.9. The summed E-state index contributed by atoms with van der Waals surface area (Å²) in [6, 6.07) is 6.92. The molecule has 2 rings (SSSR count).